The van der Waals surface area contributed by atoms with Crippen LogP contribution in [0.3, 0.4) is 0 Å². The maximum Gasteiger partial charge on any atom is 0.338 e. The number of hydrogen-bond acceptors (Lipinski definition) is 5. The molecule has 1 atom stereocenters. The molecule has 2 aliphatic heterocycles. The average molecular weight is 442 g/mol. The summed E-state index contributed by atoms with van der Waals surface area (Å²) < 4.78 is 10.3. The number of halogens is 1. The third-order valence-electron chi connectivity index (χ3n) is 5.15. The van der Waals surface area contributed by atoms with Crippen LogP contribution in [0.2, 0.25) is 5.02 Å². The normalized spacial score (nSPS) is 17.8. The number of hydrogen-bond donors (Lipinski definition) is 2. The van der Waals surface area contributed by atoms with Crippen LogP contribution in [0.25, 0.3) is 0 Å². The number of cyclic esters (lactones) is 1. The Morgan fingerprint density at radius 1 is 1.26 bits per heavy atom. The number of benzene rings is 2. The first-order chi connectivity index (χ1) is 14.9. The van der Waals surface area contributed by atoms with E-state index in [2.05, 4.69) is 10.6 Å². The summed E-state index contributed by atoms with van der Waals surface area (Å²) in [6.07, 6.45) is 0. The molecule has 31 heavy (non-hydrogen) atoms. The van der Waals surface area contributed by atoms with Gasteiger partial charge in [-0.3, -0.25) is 9.69 Å². The minimum Gasteiger partial charge on any atom is -0.495 e. The summed E-state index contributed by atoms with van der Waals surface area (Å²) in [5.74, 6) is -0.474. The lowest BCUT2D eigenvalue weighted by molar-refractivity contribution is -0.136. The number of carbonyl (C=O) groups excluding carboxylic acids is 3. The molecule has 0 saturated carbocycles. The molecule has 8 nitrogen and oxygen atoms in total. The number of rotatable bonds is 5. The summed E-state index contributed by atoms with van der Waals surface area (Å²) in [5, 5.41) is 5.85. The Bertz CT molecular complexity index is 1100. The van der Waals surface area contributed by atoms with Gasteiger partial charge in [0.15, 0.2) is 0 Å². The van der Waals surface area contributed by atoms with Crippen LogP contribution in [-0.4, -0.2) is 43.1 Å². The number of esters is 1. The number of urea groups is 1. The molecule has 9 heteroatoms. The fourth-order valence-electron chi connectivity index (χ4n) is 3.58. The predicted molar refractivity (Wildman–Crippen MR) is 114 cm³/mol. The third-order valence-corrected chi connectivity index (χ3v) is 5.44. The van der Waals surface area contributed by atoms with Gasteiger partial charge in [0.05, 0.1) is 29.4 Å². The standard InChI is InChI=1S/C22H20ClN3O5/c1-12-3-5-13(6-4-12)20-19-16(11-31-21(19)28)26(22(29)25-20)10-18(27)24-14-7-8-17(30-2)15(23)9-14/h3-9,20H,10-11H2,1-2H3,(H,24,27)(H,25,29). The van der Waals surface area contributed by atoms with E-state index in [1.54, 1.807) is 18.2 Å². The number of methoxy groups -OCH3 is 1. The number of nitrogens with one attached hydrogen (secondary N) is 2. The van der Waals surface area contributed by atoms with E-state index in [1.165, 1.54) is 12.0 Å². The van der Waals surface area contributed by atoms with E-state index in [-0.39, 0.29) is 13.2 Å². The lowest BCUT2D eigenvalue weighted by atomic mass is 9.95. The summed E-state index contributed by atoms with van der Waals surface area (Å²) in [4.78, 5) is 39.0. The molecule has 2 aromatic rings. The molecule has 0 saturated heterocycles. The summed E-state index contributed by atoms with van der Waals surface area (Å²) in [7, 11) is 1.49. The topological polar surface area (TPSA) is 97.0 Å². The maximum atomic E-state index is 12.8. The number of anilines is 1. The van der Waals surface area contributed by atoms with Gasteiger partial charge < -0.3 is 20.1 Å². The van der Waals surface area contributed by atoms with Gasteiger partial charge >= 0.3 is 12.0 Å². The van der Waals surface area contributed by atoms with Crippen LogP contribution in [0.1, 0.15) is 17.2 Å². The molecule has 160 valence electrons. The van der Waals surface area contributed by atoms with Gasteiger partial charge in [-0.15, -0.1) is 0 Å². The highest BCUT2D eigenvalue weighted by Gasteiger charge is 2.42. The lowest BCUT2D eigenvalue weighted by Gasteiger charge is -2.32. The molecule has 3 amide bonds. The molecule has 2 aromatic carbocycles. The van der Waals surface area contributed by atoms with E-state index in [1.807, 2.05) is 31.2 Å². The number of carbonyl (C=O) groups is 3. The first-order valence-corrected chi connectivity index (χ1v) is 9.93. The highest BCUT2D eigenvalue weighted by molar-refractivity contribution is 6.32. The average Bonchev–Trinajstić information content (AvgIpc) is 3.12. The smallest absolute Gasteiger partial charge is 0.338 e. The van der Waals surface area contributed by atoms with Crippen LogP contribution >= 0.6 is 11.6 Å². The van der Waals surface area contributed by atoms with Gasteiger partial charge in [-0.2, -0.15) is 0 Å². The van der Waals surface area contributed by atoms with E-state index in [4.69, 9.17) is 21.1 Å². The van der Waals surface area contributed by atoms with Crippen molar-refractivity contribution in [3.63, 3.8) is 0 Å². The van der Waals surface area contributed by atoms with Gasteiger partial charge in [0.2, 0.25) is 5.91 Å². The Labute approximate surface area is 183 Å². The van der Waals surface area contributed by atoms with Crippen molar-refractivity contribution in [3.8, 4) is 5.75 Å². The van der Waals surface area contributed by atoms with Gasteiger partial charge in [-0.05, 0) is 30.7 Å². The first kappa shape index (κ1) is 20.7. The van der Waals surface area contributed by atoms with Crippen molar-refractivity contribution in [2.75, 3.05) is 25.6 Å². The monoisotopic (exact) mass is 441 g/mol. The van der Waals surface area contributed by atoms with Gasteiger partial charge in [0.25, 0.3) is 0 Å². The van der Waals surface area contributed by atoms with Crippen LogP contribution in [0.5, 0.6) is 5.75 Å². The Balaban J connectivity index is 1.56. The minimum absolute atomic E-state index is 0.0639. The molecule has 2 heterocycles. The van der Waals surface area contributed by atoms with Gasteiger partial charge in [-0.25, -0.2) is 9.59 Å². The molecular formula is C22H20ClN3O5. The Morgan fingerprint density at radius 3 is 2.68 bits per heavy atom. The largest absolute Gasteiger partial charge is 0.495 e. The Kier molecular flexibility index (Phi) is 5.56. The molecule has 0 aromatic heterocycles. The first-order valence-electron chi connectivity index (χ1n) is 9.55. The molecule has 0 fully saturated rings. The molecule has 0 spiro atoms. The SMILES string of the molecule is COc1ccc(NC(=O)CN2C(=O)NC(c3ccc(C)cc3)C3=C2COC3=O)cc1Cl. The predicted octanol–water partition coefficient (Wildman–Crippen LogP) is 3.17. The van der Waals surface area contributed by atoms with Gasteiger partial charge in [-0.1, -0.05) is 41.4 Å². The highest BCUT2D eigenvalue weighted by Crippen LogP contribution is 2.35. The van der Waals surface area contributed by atoms with Crippen molar-refractivity contribution in [2.45, 2.75) is 13.0 Å². The van der Waals surface area contributed by atoms with Crippen molar-refractivity contribution >= 4 is 35.2 Å². The fraction of sp³-hybridized carbons (Fsp3) is 0.227. The number of nitrogens with zero attached hydrogens (tertiary/aromatic N) is 1. The quantitative estimate of drug-likeness (QED) is 0.694. The molecule has 0 radical (unpaired) electrons. The van der Waals surface area contributed by atoms with Crippen LogP contribution in [-0.2, 0) is 14.3 Å². The second kappa shape index (κ2) is 8.31. The maximum absolute atomic E-state index is 12.8. The van der Waals surface area contributed by atoms with Crippen LogP contribution in [0.15, 0.2) is 53.7 Å². The van der Waals surface area contributed by atoms with E-state index >= 15 is 0 Å². The van der Waals surface area contributed by atoms with Crippen LogP contribution in [0, 0.1) is 6.92 Å². The molecule has 0 bridgehead atoms. The third kappa shape index (κ3) is 4.06. The van der Waals surface area contributed by atoms with Crippen LogP contribution < -0.4 is 15.4 Å². The molecule has 4 rings (SSSR count). The molecule has 0 aliphatic carbocycles. The fourth-order valence-corrected chi connectivity index (χ4v) is 3.83. The minimum atomic E-state index is -0.627. The van der Waals surface area contributed by atoms with Crippen LogP contribution in [0.4, 0.5) is 10.5 Å². The zero-order valence-corrected chi connectivity index (χ0v) is 17.7. The van der Waals surface area contributed by atoms with Crippen molar-refractivity contribution in [1.29, 1.82) is 0 Å². The lowest BCUT2D eigenvalue weighted by Crippen LogP contribution is -2.49. The van der Waals surface area contributed by atoms with Gasteiger partial charge in [0.1, 0.15) is 18.9 Å². The second-order valence-electron chi connectivity index (χ2n) is 7.21. The van der Waals surface area contributed by atoms with Crippen molar-refractivity contribution in [3.05, 3.63) is 69.9 Å². The zero-order chi connectivity index (χ0) is 22.1. The molecule has 2 N–H and O–H groups in total. The van der Waals surface area contributed by atoms with Crippen molar-refractivity contribution in [1.82, 2.24) is 10.2 Å². The van der Waals surface area contributed by atoms with E-state index in [9.17, 15) is 14.4 Å². The summed E-state index contributed by atoms with van der Waals surface area (Å²) in [5.41, 5.74) is 3.01. The van der Waals surface area contributed by atoms with E-state index in [0.717, 1.165) is 11.1 Å². The number of amides is 3. The number of ether oxygens (including phenoxy) is 2. The Hall–Kier alpha value is -3.52. The summed E-state index contributed by atoms with van der Waals surface area (Å²) in [6, 6.07) is 11.2. The van der Waals surface area contributed by atoms with Crippen molar-refractivity contribution in [2.24, 2.45) is 0 Å². The van der Waals surface area contributed by atoms with Gasteiger partial charge in [0, 0.05) is 5.69 Å². The molecular weight excluding hydrogens is 422 g/mol. The van der Waals surface area contributed by atoms with E-state index < -0.39 is 23.9 Å². The zero-order valence-electron chi connectivity index (χ0n) is 16.9. The summed E-state index contributed by atoms with van der Waals surface area (Å²) in [6.45, 7) is 1.60. The van der Waals surface area contributed by atoms with Crippen molar-refractivity contribution < 1.29 is 23.9 Å². The Morgan fingerprint density at radius 2 is 2.00 bits per heavy atom. The molecule has 2 aliphatic rings. The molecule has 1 unspecified atom stereocenters. The van der Waals surface area contributed by atoms with E-state index in [0.29, 0.717) is 27.7 Å². The second-order valence-corrected chi connectivity index (χ2v) is 7.62. The summed E-state index contributed by atoms with van der Waals surface area (Å²) >= 11 is 6.09. The highest BCUT2D eigenvalue weighted by atomic mass is 35.5. The number of aryl methyl sites for hydroxylation is 1.